The van der Waals surface area contributed by atoms with Gasteiger partial charge in [0, 0.05) is 13.0 Å². The lowest BCUT2D eigenvalue weighted by atomic mass is 10.1. The molecule has 7 nitrogen and oxygen atoms in total. The molecule has 3 amide bonds. The molecule has 1 aliphatic heterocycles. The number of imide groups is 1. The molecule has 0 radical (unpaired) electrons. The maximum absolute atomic E-state index is 12.7. The third kappa shape index (κ3) is 6.28. The summed E-state index contributed by atoms with van der Waals surface area (Å²) in [6, 6.07) is 9.22. The summed E-state index contributed by atoms with van der Waals surface area (Å²) in [7, 11) is 0. The summed E-state index contributed by atoms with van der Waals surface area (Å²) in [5.74, 6) is -2.08. The van der Waals surface area contributed by atoms with Gasteiger partial charge in [0.2, 0.25) is 0 Å². The number of hydrogen-bond acceptors (Lipinski definition) is 5. The first kappa shape index (κ1) is 27.3. The van der Waals surface area contributed by atoms with Crippen LogP contribution in [0.1, 0.15) is 64.9 Å². The van der Waals surface area contributed by atoms with E-state index in [1.165, 1.54) is 0 Å². The Balaban J connectivity index is 1.38. The fraction of sp³-hybridized carbons (Fsp3) is 0.333. The van der Waals surface area contributed by atoms with E-state index in [1.54, 1.807) is 0 Å². The number of esters is 1. The first-order chi connectivity index (χ1) is 16.6. The molecule has 0 fully saturated rings. The molecule has 1 aliphatic rings. The number of amides is 3. The minimum atomic E-state index is -0.592. The van der Waals surface area contributed by atoms with Gasteiger partial charge in [0.25, 0.3) is 17.7 Å². The average Bonchev–Trinajstić information content (AvgIpc) is 3.10. The number of hydrogen-bond donors (Lipinski definition) is 1. The van der Waals surface area contributed by atoms with E-state index in [2.05, 4.69) is 5.32 Å². The van der Waals surface area contributed by atoms with Gasteiger partial charge in [-0.3, -0.25) is 24.1 Å². The van der Waals surface area contributed by atoms with Crippen LogP contribution in [0.3, 0.4) is 0 Å². The Labute approximate surface area is 222 Å². The second-order valence-corrected chi connectivity index (χ2v) is 9.45. The van der Waals surface area contributed by atoms with Crippen LogP contribution in [0.25, 0.3) is 0 Å². The van der Waals surface area contributed by atoms with Crippen LogP contribution >= 0.6 is 46.4 Å². The predicted octanol–water partition coefficient (Wildman–Crippen LogP) is 5.88. The molecule has 11 heteroatoms. The summed E-state index contributed by atoms with van der Waals surface area (Å²) < 4.78 is 5.02. The van der Waals surface area contributed by atoms with Crippen LogP contribution in [0.4, 0.5) is 0 Å². The highest BCUT2D eigenvalue weighted by molar-refractivity contribution is 6.55. The van der Waals surface area contributed by atoms with Gasteiger partial charge in [-0.05, 0) is 25.3 Å². The van der Waals surface area contributed by atoms with Crippen molar-refractivity contribution in [3.8, 4) is 0 Å². The zero-order valence-corrected chi connectivity index (χ0v) is 21.7. The summed E-state index contributed by atoms with van der Waals surface area (Å²) in [6.07, 6.45) is 1.56. The summed E-state index contributed by atoms with van der Waals surface area (Å²) >= 11 is 24.2. The fourth-order valence-corrected chi connectivity index (χ4v) is 4.66. The van der Waals surface area contributed by atoms with Gasteiger partial charge in [-0.1, -0.05) is 83.2 Å². The largest absolute Gasteiger partial charge is 0.456 e. The lowest BCUT2D eigenvalue weighted by Crippen LogP contribution is -2.31. The molecule has 0 unspecified atom stereocenters. The second-order valence-electron chi connectivity index (χ2n) is 7.94. The van der Waals surface area contributed by atoms with Crippen LogP contribution < -0.4 is 5.32 Å². The number of nitrogens with zero attached hydrogens (tertiary/aromatic N) is 1. The molecule has 0 spiro atoms. The number of benzene rings is 2. The number of rotatable bonds is 10. The van der Waals surface area contributed by atoms with Gasteiger partial charge in [-0.15, -0.1) is 0 Å². The first-order valence-electron chi connectivity index (χ1n) is 10.9. The number of ether oxygens (including phenoxy) is 1. The van der Waals surface area contributed by atoms with Gasteiger partial charge < -0.3 is 10.1 Å². The molecule has 0 aromatic heterocycles. The van der Waals surface area contributed by atoms with Crippen LogP contribution in [0.15, 0.2) is 30.3 Å². The van der Waals surface area contributed by atoms with Crippen LogP contribution in [0.5, 0.6) is 0 Å². The Kier molecular flexibility index (Phi) is 9.41. The highest BCUT2D eigenvalue weighted by Crippen LogP contribution is 2.44. The van der Waals surface area contributed by atoms with Crippen molar-refractivity contribution in [3.05, 3.63) is 67.1 Å². The van der Waals surface area contributed by atoms with E-state index in [9.17, 15) is 19.2 Å². The summed E-state index contributed by atoms with van der Waals surface area (Å²) in [4.78, 5) is 50.3. The van der Waals surface area contributed by atoms with Crippen LogP contribution in [-0.2, 0) is 14.3 Å². The van der Waals surface area contributed by atoms with E-state index in [0.29, 0.717) is 19.3 Å². The third-order valence-corrected chi connectivity index (χ3v) is 7.29. The Morgan fingerprint density at radius 1 is 0.886 bits per heavy atom. The molecule has 1 heterocycles. The summed E-state index contributed by atoms with van der Waals surface area (Å²) in [5.41, 5.74) is 0.833. The highest BCUT2D eigenvalue weighted by atomic mass is 35.5. The van der Waals surface area contributed by atoms with Crippen molar-refractivity contribution in [2.24, 2.45) is 0 Å². The number of carbonyl (C=O) groups is 4. The van der Waals surface area contributed by atoms with E-state index < -0.39 is 23.7 Å². The molecule has 2 aromatic rings. The average molecular weight is 560 g/mol. The van der Waals surface area contributed by atoms with Crippen molar-refractivity contribution in [3.63, 3.8) is 0 Å². The summed E-state index contributed by atoms with van der Waals surface area (Å²) in [5, 5.41) is 2.39. The second kappa shape index (κ2) is 12.1. The van der Waals surface area contributed by atoms with Gasteiger partial charge in [-0.25, -0.2) is 0 Å². The van der Waals surface area contributed by atoms with E-state index >= 15 is 0 Å². The molecule has 0 saturated heterocycles. The number of fused-ring (bicyclic) bond motifs is 1. The van der Waals surface area contributed by atoms with E-state index in [-0.39, 0.29) is 56.8 Å². The van der Waals surface area contributed by atoms with Crippen LogP contribution in [0.2, 0.25) is 20.1 Å². The van der Waals surface area contributed by atoms with Crippen molar-refractivity contribution in [2.45, 2.75) is 38.6 Å². The SMILES string of the molecule is C[C@@H](NC(=O)COC(=O)CCCCCN1C(=O)c2c(Cl)c(Cl)c(Cl)c(Cl)c2C1=O)c1ccccc1. The molecule has 0 aliphatic carbocycles. The third-order valence-electron chi connectivity index (χ3n) is 5.49. The maximum atomic E-state index is 12.7. The minimum absolute atomic E-state index is 0.0560. The van der Waals surface area contributed by atoms with Gasteiger partial charge in [0.05, 0.1) is 37.3 Å². The fourth-order valence-electron chi connectivity index (χ4n) is 3.64. The zero-order chi connectivity index (χ0) is 25.7. The molecule has 0 bridgehead atoms. The molecule has 1 atom stereocenters. The standard InChI is InChI=1S/C24H22Cl4N2O5/c1-13(14-8-4-2-5-9-14)29-15(31)12-35-16(32)10-6-3-7-11-30-23(33)17-18(24(30)34)20(26)22(28)21(27)19(17)25/h2,4-5,8-9,13H,3,6-7,10-12H2,1H3,(H,29,31)/t13-/m1/s1. The van der Waals surface area contributed by atoms with E-state index in [0.717, 1.165) is 10.5 Å². The van der Waals surface area contributed by atoms with Gasteiger partial charge in [0.1, 0.15) is 0 Å². The van der Waals surface area contributed by atoms with Crippen molar-refractivity contribution in [1.82, 2.24) is 10.2 Å². The van der Waals surface area contributed by atoms with Crippen LogP contribution in [0, 0.1) is 0 Å². The normalized spacial score (nSPS) is 13.6. The van der Waals surface area contributed by atoms with Gasteiger partial charge >= 0.3 is 5.97 Å². The Bertz CT molecular complexity index is 1110. The number of unbranched alkanes of at least 4 members (excludes halogenated alkanes) is 2. The van der Waals surface area contributed by atoms with Gasteiger partial charge in [-0.2, -0.15) is 0 Å². The van der Waals surface area contributed by atoms with Crippen molar-refractivity contribution in [2.75, 3.05) is 13.2 Å². The quantitative estimate of drug-likeness (QED) is 0.129. The van der Waals surface area contributed by atoms with Crippen molar-refractivity contribution < 1.29 is 23.9 Å². The monoisotopic (exact) mass is 558 g/mol. The van der Waals surface area contributed by atoms with E-state index in [1.807, 2.05) is 37.3 Å². The van der Waals surface area contributed by atoms with Crippen LogP contribution in [-0.4, -0.2) is 41.7 Å². The molecular weight excluding hydrogens is 538 g/mol. The topological polar surface area (TPSA) is 92.8 Å². The Morgan fingerprint density at radius 3 is 2.03 bits per heavy atom. The molecule has 2 aromatic carbocycles. The molecular formula is C24H22Cl4N2O5. The zero-order valence-electron chi connectivity index (χ0n) is 18.7. The molecule has 186 valence electrons. The molecule has 0 saturated carbocycles. The van der Waals surface area contributed by atoms with E-state index in [4.69, 9.17) is 51.1 Å². The molecule has 1 N–H and O–H groups in total. The number of nitrogens with one attached hydrogen (secondary N) is 1. The Hall–Kier alpha value is -2.32. The summed E-state index contributed by atoms with van der Waals surface area (Å²) in [6.45, 7) is 1.59. The maximum Gasteiger partial charge on any atom is 0.306 e. The minimum Gasteiger partial charge on any atom is -0.456 e. The number of halogens is 4. The van der Waals surface area contributed by atoms with Crippen molar-refractivity contribution >= 4 is 70.1 Å². The smallest absolute Gasteiger partial charge is 0.306 e. The lowest BCUT2D eigenvalue weighted by Gasteiger charge is -2.14. The highest BCUT2D eigenvalue weighted by Gasteiger charge is 2.41. The number of carbonyl (C=O) groups excluding carboxylic acids is 4. The van der Waals surface area contributed by atoms with Crippen molar-refractivity contribution in [1.29, 1.82) is 0 Å². The Morgan fingerprint density at radius 2 is 1.46 bits per heavy atom. The van der Waals surface area contributed by atoms with Gasteiger partial charge in [0.15, 0.2) is 6.61 Å². The first-order valence-corrected chi connectivity index (χ1v) is 12.4. The predicted molar refractivity (Wildman–Crippen MR) is 134 cm³/mol. The molecule has 3 rings (SSSR count). The lowest BCUT2D eigenvalue weighted by molar-refractivity contribution is -0.148. The molecule has 35 heavy (non-hydrogen) atoms.